The van der Waals surface area contributed by atoms with Crippen LogP contribution in [0.25, 0.3) is 5.76 Å². The molecule has 0 saturated carbocycles. The van der Waals surface area contributed by atoms with Crippen molar-refractivity contribution in [3.63, 3.8) is 0 Å². The van der Waals surface area contributed by atoms with E-state index in [1.807, 2.05) is 0 Å². The highest BCUT2D eigenvalue weighted by Crippen LogP contribution is 2.39. The molecule has 0 bridgehead atoms. The lowest BCUT2D eigenvalue weighted by Gasteiger charge is -2.24. The van der Waals surface area contributed by atoms with Crippen LogP contribution in [0, 0.1) is 5.82 Å². The first kappa shape index (κ1) is 18.6. The van der Waals surface area contributed by atoms with Crippen molar-refractivity contribution in [2.75, 3.05) is 20.3 Å². The van der Waals surface area contributed by atoms with Crippen LogP contribution in [-0.2, 0) is 9.59 Å². The molecular weight excluding hydrogens is 353 g/mol. The second kappa shape index (κ2) is 7.59. The van der Waals surface area contributed by atoms with Crippen molar-refractivity contribution in [2.24, 2.45) is 0 Å². The van der Waals surface area contributed by atoms with Crippen LogP contribution in [0.15, 0.2) is 54.1 Å². The highest BCUT2D eigenvalue weighted by atomic mass is 19.1. The quantitative estimate of drug-likeness (QED) is 0.478. The van der Waals surface area contributed by atoms with E-state index in [-0.39, 0.29) is 24.5 Å². The van der Waals surface area contributed by atoms with Gasteiger partial charge in [-0.25, -0.2) is 4.39 Å². The van der Waals surface area contributed by atoms with Gasteiger partial charge < -0.3 is 19.8 Å². The summed E-state index contributed by atoms with van der Waals surface area (Å²) >= 11 is 0. The Balaban J connectivity index is 2.14. The molecule has 3 rings (SSSR count). The second-order valence-corrected chi connectivity index (χ2v) is 6.00. The average molecular weight is 371 g/mol. The third-order valence-corrected chi connectivity index (χ3v) is 4.43. The predicted octanol–water partition coefficient (Wildman–Crippen LogP) is 2.25. The van der Waals surface area contributed by atoms with Gasteiger partial charge in [-0.15, -0.1) is 0 Å². The Hall–Kier alpha value is -3.19. The normalized spacial score (nSPS) is 18.8. The summed E-state index contributed by atoms with van der Waals surface area (Å²) in [5.74, 6) is -1.92. The van der Waals surface area contributed by atoms with E-state index in [1.54, 1.807) is 24.3 Å². The van der Waals surface area contributed by atoms with Gasteiger partial charge in [0.15, 0.2) is 0 Å². The van der Waals surface area contributed by atoms with E-state index >= 15 is 0 Å². The molecule has 0 aromatic heterocycles. The molecule has 0 aliphatic carbocycles. The van der Waals surface area contributed by atoms with Crippen LogP contribution in [0.1, 0.15) is 17.2 Å². The Bertz CT molecular complexity index is 890. The number of hydrogen-bond donors (Lipinski definition) is 2. The Morgan fingerprint density at radius 2 is 1.74 bits per heavy atom. The molecule has 1 aliphatic rings. The van der Waals surface area contributed by atoms with Crippen molar-refractivity contribution >= 4 is 17.4 Å². The number of Topliss-reactive ketones (excluding diaryl/α,β-unsaturated/α-hetero) is 1. The van der Waals surface area contributed by atoms with Crippen molar-refractivity contribution in [3.05, 3.63) is 71.0 Å². The molecule has 2 aromatic carbocycles. The van der Waals surface area contributed by atoms with Gasteiger partial charge in [0.25, 0.3) is 11.7 Å². The molecule has 0 unspecified atom stereocenters. The maximum absolute atomic E-state index is 13.3. The molecule has 1 atom stereocenters. The average Bonchev–Trinajstić information content (AvgIpc) is 2.93. The summed E-state index contributed by atoms with van der Waals surface area (Å²) < 4.78 is 18.4. The number of nitrogens with zero attached hydrogens (tertiary/aromatic N) is 1. The molecule has 1 saturated heterocycles. The fourth-order valence-electron chi connectivity index (χ4n) is 3.11. The van der Waals surface area contributed by atoms with Crippen LogP contribution in [0.2, 0.25) is 0 Å². The van der Waals surface area contributed by atoms with Gasteiger partial charge in [0, 0.05) is 12.1 Å². The van der Waals surface area contributed by atoms with E-state index in [0.717, 1.165) is 0 Å². The van der Waals surface area contributed by atoms with E-state index in [2.05, 4.69) is 0 Å². The van der Waals surface area contributed by atoms with Gasteiger partial charge in [0.05, 0.1) is 25.3 Å². The zero-order chi connectivity index (χ0) is 19.6. The van der Waals surface area contributed by atoms with Crippen LogP contribution < -0.4 is 4.74 Å². The van der Waals surface area contributed by atoms with Gasteiger partial charge in [-0.3, -0.25) is 9.59 Å². The maximum Gasteiger partial charge on any atom is 0.295 e. The van der Waals surface area contributed by atoms with Crippen LogP contribution in [-0.4, -0.2) is 47.1 Å². The lowest BCUT2D eigenvalue weighted by atomic mass is 9.95. The minimum absolute atomic E-state index is 0.0913. The van der Waals surface area contributed by atoms with Crippen molar-refractivity contribution in [1.82, 2.24) is 4.90 Å². The van der Waals surface area contributed by atoms with Gasteiger partial charge in [-0.2, -0.15) is 0 Å². The monoisotopic (exact) mass is 371 g/mol. The number of ketones is 1. The number of carbonyl (C=O) groups excluding carboxylic acids is 2. The molecule has 0 spiro atoms. The number of aliphatic hydroxyl groups is 2. The number of hydrogen-bond acceptors (Lipinski definition) is 5. The van der Waals surface area contributed by atoms with Crippen LogP contribution in [0.5, 0.6) is 5.75 Å². The van der Waals surface area contributed by atoms with E-state index < -0.39 is 23.5 Å². The molecule has 6 nitrogen and oxygen atoms in total. The number of rotatable bonds is 5. The number of aliphatic hydroxyl groups excluding tert-OH is 2. The highest BCUT2D eigenvalue weighted by molar-refractivity contribution is 6.46. The molecule has 27 heavy (non-hydrogen) atoms. The van der Waals surface area contributed by atoms with Crippen molar-refractivity contribution < 1.29 is 28.9 Å². The Kier molecular flexibility index (Phi) is 5.23. The topological polar surface area (TPSA) is 87.1 Å². The molecule has 1 fully saturated rings. The third kappa shape index (κ3) is 3.41. The smallest absolute Gasteiger partial charge is 0.295 e. The minimum Gasteiger partial charge on any atom is -0.507 e. The zero-order valence-electron chi connectivity index (χ0n) is 14.6. The summed E-state index contributed by atoms with van der Waals surface area (Å²) in [5.41, 5.74) is 0.689. The number of halogens is 1. The fraction of sp³-hybridized carbons (Fsp3) is 0.200. The predicted molar refractivity (Wildman–Crippen MR) is 95.5 cm³/mol. The minimum atomic E-state index is -0.917. The summed E-state index contributed by atoms with van der Waals surface area (Å²) in [6.45, 7) is -0.445. The standard InChI is InChI=1S/C20H18FNO5/c1-27-15-8-4-13(5-9-15)18(24)16-17(12-2-6-14(21)7-3-12)22(10-11-23)20(26)19(16)25/h2-9,17,23-24H,10-11H2,1H3/b18-16+/t17-/m1/s1. The number of carbonyl (C=O) groups is 2. The summed E-state index contributed by atoms with van der Waals surface area (Å²) in [6.07, 6.45) is 0. The molecule has 2 N–H and O–H groups in total. The Morgan fingerprint density at radius 1 is 1.11 bits per heavy atom. The van der Waals surface area contributed by atoms with Crippen LogP contribution >= 0.6 is 0 Å². The fourth-order valence-corrected chi connectivity index (χ4v) is 3.11. The summed E-state index contributed by atoms with van der Waals surface area (Å²) in [6, 6.07) is 10.8. The number of β-amino-alcohol motifs (C(OH)–C–C–N with tert-alkyl or cyclic N) is 1. The molecule has 140 valence electrons. The van der Waals surface area contributed by atoms with Gasteiger partial charge in [0.2, 0.25) is 0 Å². The van der Waals surface area contributed by atoms with Gasteiger partial charge in [-0.05, 0) is 42.0 Å². The lowest BCUT2D eigenvalue weighted by Crippen LogP contribution is -2.32. The highest BCUT2D eigenvalue weighted by Gasteiger charge is 2.45. The number of ether oxygens (including phenoxy) is 1. The van der Waals surface area contributed by atoms with Gasteiger partial charge in [-0.1, -0.05) is 12.1 Å². The molecule has 1 amide bonds. The molecule has 1 aliphatic heterocycles. The Labute approximate surface area is 155 Å². The molecule has 7 heteroatoms. The van der Waals surface area contributed by atoms with E-state index in [0.29, 0.717) is 16.9 Å². The zero-order valence-corrected chi connectivity index (χ0v) is 14.6. The number of methoxy groups -OCH3 is 1. The summed E-state index contributed by atoms with van der Waals surface area (Å²) in [5, 5.41) is 20.0. The number of likely N-dealkylation sites (tertiary alicyclic amines) is 1. The third-order valence-electron chi connectivity index (χ3n) is 4.43. The van der Waals surface area contributed by atoms with E-state index in [1.165, 1.54) is 36.3 Å². The molecule has 2 aromatic rings. The van der Waals surface area contributed by atoms with Gasteiger partial charge in [0.1, 0.15) is 17.3 Å². The molecular formula is C20H18FNO5. The first-order chi connectivity index (χ1) is 13.0. The van der Waals surface area contributed by atoms with Gasteiger partial charge >= 0.3 is 0 Å². The summed E-state index contributed by atoms with van der Waals surface area (Å²) in [7, 11) is 1.50. The van der Waals surface area contributed by atoms with E-state index in [9.17, 15) is 24.2 Å². The largest absolute Gasteiger partial charge is 0.507 e. The van der Waals surface area contributed by atoms with Crippen LogP contribution in [0.4, 0.5) is 4.39 Å². The number of benzene rings is 2. The second-order valence-electron chi connectivity index (χ2n) is 6.00. The lowest BCUT2D eigenvalue weighted by molar-refractivity contribution is -0.140. The Morgan fingerprint density at radius 3 is 2.30 bits per heavy atom. The van der Waals surface area contributed by atoms with Crippen molar-refractivity contribution in [3.8, 4) is 5.75 Å². The maximum atomic E-state index is 13.3. The molecule has 1 heterocycles. The number of amides is 1. The first-order valence-electron chi connectivity index (χ1n) is 8.27. The molecule has 0 radical (unpaired) electrons. The van der Waals surface area contributed by atoms with Crippen LogP contribution in [0.3, 0.4) is 0 Å². The first-order valence-corrected chi connectivity index (χ1v) is 8.27. The van der Waals surface area contributed by atoms with Crippen molar-refractivity contribution in [2.45, 2.75) is 6.04 Å². The SMILES string of the molecule is COc1ccc(/C(O)=C2\C(=O)C(=O)N(CCO)[C@@H]2c2ccc(F)cc2)cc1. The van der Waals surface area contributed by atoms with Crippen molar-refractivity contribution in [1.29, 1.82) is 0 Å². The summed E-state index contributed by atoms with van der Waals surface area (Å²) in [4.78, 5) is 26.2. The van der Waals surface area contributed by atoms with E-state index in [4.69, 9.17) is 4.74 Å².